The van der Waals surface area contributed by atoms with Crippen LogP contribution in [0.3, 0.4) is 0 Å². The van der Waals surface area contributed by atoms with Gasteiger partial charge in [0.05, 0.1) is 11.3 Å². The second-order valence-electron chi connectivity index (χ2n) is 4.94. The Balaban J connectivity index is 6.36. The fraction of sp³-hybridized carbons (Fsp3) is 0.333. The number of halogens is 3. The Bertz CT molecular complexity index is 658. The van der Waals surface area contributed by atoms with E-state index in [9.17, 15) is 18.0 Å². The van der Waals surface area contributed by atoms with Gasteiger partial charge in [-0.25, -0.2) is 4.99 Å². The maximum atomic E-state index is 13.4. The van der Waals surface area contributed by atoms with E-state index >= 15 is 0 Å². The third-order valence-electron chi connectivity index (χ3n) is 3.13. The molecule has 0 bridgehead atoms. The van der Waals surface area contributed by atoms with Gasteiger partial charge in [0.15, 0.2) is 5.78 Å². The van der Waals surface area contributed by atoms with Gasteiger partial charge < -0.3 is 0 Å². The molecule has 132 valence electrons. The monoisotopic (exact) mass is 357 g/mol. The number of carbonyl (C=O) groups excluding carboxylic acids is 1. The summed E-state index contributed by atoms with van der Waals surface area (Å²) in [4.78, 5) is 15.6. The standard InChI is InChI=1S/C18H22F3NOS/c1-7-14(8-2)15(9-3)10-16(18(19,20)21)11(4)22-17(12(5)23)13(6)24/h7-10,24H,1H2,2-6H3/b14-8+,15-9+,16-10+,17-13+,22-11-. The Morgan fingerprint density at radius 1 is 1.08 bits per heavy atom. The third-order valence-corrected chi connectivity index (χ3v) is 3.34. The van der Waals surface area contributed by atoms with Gasteiger partial charge in [-0.05, 0) is 44.9 Å². The predicted octanol–water partition coefficient (Wildman–Crippen LogP) is 5.76. The van der Waals surface area contributed by atoms with E-state index in [1.54, 1.807) is 26.0 Å². The second kappa shape index (κ2) is 9.47. The van der Waals surface area contributed by atoms with Crippen LogP contribution in [-0.4, -0.2) is 17.7 Å². The zero-order valence-electron chi connectivity index (χ0n) is 14.5. The van der Waals surface area contributed by atoms with Crippen molar-refractivity contribution in [2.24, 2.45) is 4.99 Å². The number of aliphatic imine (C=N–C) groups is 1. The van der Waals surface area contributed by atoms with Crippen LogP contribution in [0, 0.1) is 0 Å². The first-order valence-electron chi connectivity index (χ1n) is 7.20. The molecule has 0 N–H and O–H groups in total. The summed E-state index contributed by atoms with van der Waals surface area (Å²) in [6.45, 7) is 10.9. The number of ketones is 1. The minimum atomic E-state index is -4.62. The lowest BCUT2D eigenvalue weighted by Gasteiger charge is -2.14. The molecule has 0 aromatic rings. The Labute approximate surface area is 146 Å². The van der Waals surface area contributed by atoms with Gasteiger partial charge in [0.25, 0.3) is 0 Å². The molecular formula is C18H22F3NOS. The fourth-order valence-corrected chi connectivity index (χ4v) is 2.13. The average Bonchev–Trinajstić information content (AvgIpc) is 2.46. The molecule has 0 aliphatic heterocycles. The summed E-state index contributed by atoms with van der Waals surface area (Å²) in [5.41, 5.74) is -0.391. The quantitative estimate of drug-likeness (QED) is 0.278. The van der Waals surface area contributed by atoms with E-state index in [1.165, 1.54) is 26.8 Å². The zero-order valence-corrected chi connectivity index (χ0v) is 15.3. The highest BCUT2D eigenvalue weighted by atomic mass is 32.1. The van der Waals surface area contributed by atoms with E-state index in [4.69, 9.17) is 0 Å². The molecule has 0 heterocycles. The number of thiol groups is 1. The Hall–Kier alpha value is -1.82. The lowest BCUT2D eigenvalue weighted by Crippen LogP contribution is -2.19. The lowest BCUT2D eigenvalue weighted by molar-refractivity contribution is -0.113. The van der Waals surface area contributed by atoms with Crippen LogP contribution in [0.4, 0.5) is 13.2 Å². The number of allylic oxidation sites excluding steroid dienone is 9. The van der Waals surface area contributed by atoms with Crippen molar-refractivity contribution in [1.82, 2.24) is 0 Å². The number of Topliss-reactive ketones (excluding diaryl/α,β-unsaturated/α-hetero) is 1. The second-order valence-corrected chi connectivity index (χ2v) is 5.61. The Kier molecular flexibility index (Phi) is 8.75. The van der Waals surface area contributed by atoms with Crippen molar-refractivity contribution in [3.8, 4) is 0 Å². The summed E-state index contributed by atoms with van der Waals surface area (Å²) in [6.07, 6.45) is 1.08. The van der Waals surface area contributed by atoms with Crippen LogP contribution >= 0.6 is 12.6 Å². The molecule has 0 aliphatic rings. The van der Waals surface area contributed by atoms with Crippen LogP contribution in [0.2, 0.25) is 0 Å². The van der Waals surface area contributed by atoms with Crippen LogP contribution in [0.15, 0.2) is 63.2 Å². The Morgan fingerprint density at radius 2 is 1.58 bits per heavy atom. The van der Waals surface area contributed by atoms with Gasteiger partial charge in [0.1, 0.15) is 5.70 Å². The maximum Gasteiger partial charge on any atom is 0.418 e. The molecule has 0 amide bonds. The highest BCUT2D eigenvalue weighted by Crippen LogP contribution is 2.30. The number of alkyl halides is 3. The number of hydrogen-bond donors (Lipinski definition) is 1. The Morgan fingerprint density at radius 3 is 1.88 bits per heavy atom. The third kappa shape index (κ3) is 6.35. The highest BCUT2D eigenvalue weighted by molar-refractivity contribution is 7.84. The van der Waals surface area contributed by atoms with Crippen LogP contribution in [-0.2, 0) is 4.79 Å². The average molecular weight is 357 g/mol. The minimum absolute atomic E-state index is 0.0945. The highest BCUT2D eigenvalue weighted by Gasteiger charge is 2.36. The lowest BCUT2D eigenvalue weighted by atomic mass is 10.00. The van der Waals surface area contributed by atoms with Gasteiger partial charge in [-0.2, -0.15) is 13.2 Å². The van der Waals surface area contributed by atoms with Gasteiger partial charge in [0.2, 0.25) is 0 Å². The van der Waals surface area contributed by atoms with Crippen molar-refractivity contribution in [3.05, 3.63) is 58.2 Å². The van der Waals surface area contributed by atoms with Crippen molar-refractivity contribution in [1.29, 1.82) is 0 Å². The van der Waals surface area contributed by atoms with Crippen LogP contribution in [0.25, 0.3) is 0 Å². The molecule has 2 nitrogen and oxygen atoms in total. The summed E-state index contributed by atoms with van der Waals surface area (Å²) < 4.78 is 40.3. The van der Waals surface area contributed by atoms with Gasteiger partial charge in [0, 0.05) is 11.8 Å². The predicted molar refractivity (Wildman–Crippen MR) is 97.3 cm³/mol. The van der Waals surface area contributed by atoms with E-state index in [0.29, 0.717) is 11.1 Å². The molecule has 0 aromatic heterocycles. The molecule has 0 saturated heterocycles. The van der Waals surface area contributed by atoms with Crippen LogP contribution < -0.4 is 0 Å². The van der Waals surface area contributed by atoms with Gasteiger partial charge in [-0.1, -0.05) is 24.8 Å². The van der Waals surface area contributed by atoms with E-state index in [2.05, 4.69) is 24.2 Å². The first-order valence-corrected chi connectivity index (χ1v) is 7.65. The molecule has 6 heteroatoms. The molecule has 0 atom stereocenters. The SMILES string of the molecule is C=CC(=C\C)/C(=C/C)/C=C(\C(C)=N/C(C(C)=O)=C(\C)S)C(F)(F)F. The van der Waals surface area contributed by atoms with E-state index in [0.717, 1.165) is 6.08 Å². The normalized spacial score (nSPS) is 16.0. The first-order chi connectivity index (χ1) is 11.0. The summed E-state index contributed by atoms with van der Waals surface area (Å²) in [6, 6.07) is 0. The molecule has 0 fully saturated rings. The molecule has 0 saturated carbocycles. The molecule has 0 unspecified atom stereocenters. The minimum Gasteiger partial charge on any atom is -0.293 e. The summed E-state index contributed by atoms with van der Waals surface area (Å²) >= 11 is 4.02. The van der Waals surface area contributed by atoms with Crippen molar-refractivity contribution < 1.29 is 18.0 Å². The molecule has 0 rings (SSSR count). The smallest absolute Gasteiger partial charge is 0.293 e. The van der Waals surface area contributed by atoms with Crippen molar-refractivity contribution in [3.63, 3.8) is 0 Å². The maximum absolute atomic E-state index is 13.4. The molecule has 24 heavy (non-hydrogen) atoms. The van der Waals surface area contributed by atoms with Crippen LogP contribution in [0.1, 0.15) is 34.6 Å². The van der Waals surface area contributed by atoms with Crippen LogP contribution in [0.5, 0.6) is 0 Å². The molecule has 0 radical (unpaired) electrons. The number of hydrogen-bond acceptors (Lipinski definition) is 3. The number of nitrogens with zero attached hydrogens (tertiary/aromatic N) is 1. The fourth-order valence-electron chi connectivity index (χ4n) is 1.92. The molecular weight excluding hydrogens is 335 g/mol. The first kappa shape index (κ1) is 22.2. The van der Waals surface area contributed by atoms with Crippen molar-refractivity contribution >= 4 is 24.1 Å². The summed E-state index contributed by atoms with van der Waals surface area (Å²) in [7, 11) is 0. The van der Waals surface area contributed by atoms with Gasteiger partial charge in [-0.15, -0.1) is 12.6 Å². The number of rotatable bonds is 6. The zero-order chi connectivity index (χ0) is 19.1. The number of carbonyl (C=O) groups is 1. The van der Waals surface area contributed by atoms with Crippen molar-refractivity contribution in [2.75, 3.05) is 0 Å². The summed E-state index contributed by atoms with van der Waals surface area (Å²) in [5.74, 6) is -0.449. The molecule has 0 aliphatic carbocycles. The topological polar surface area (TPSA) is 29.4 Å². The van der Waals surface area contributed by atoms with E-state index in [1.807, 2.05) is 0 Å². The molecule has 0 aromatic carbocycles. The largest absolute Gasteiger partial charge is 0.418 e. The van der Waals surface area contributed by atoms with Gasteiger partial charge >= 0.3 is 6.18 Å². The van der Waals surface area contributed by atoms with Crippen molar-refractivity contribution in [2.45, 2.75) is 40.8 Å². The summed E-state index contributed by atoms with van der Waals surface area (Å²) in [5, 5.41) is 0. The van der Waals surface area contributed by atoms with E-state index in [-0.39, 0.29) is 16.3 Å². The van der Waals surface area contributed by atoms with E-state index < -0.39 is 17.5 Å². The molecule has 0 spiro atoms. The van der Waals surface area contributed by atoms with Gasteiger partial charge in [-0.3, -0.25) is 4.79 Å².